The summed E-state index contributed by atoms with van der Waals surface area (Å²) >= 11 is 0. The van der Waals surface area contributed by atoms with Gasteiger partial charge in [-0.3, -0.25) is 4.79 Å². The van der Waals surface area contributed by atoms with Gasteiger partial charge in [0.1, 0.15) is 5.82 Å². The number of H-pyrrole nitrogens is 1. The van der Waals surface area contributed by atoms with Crippen LogP contribution in [0.3, 0.4) is 0 Å². The smallest absolute Gasteiger partial charge is 0.309 e. The number of aromatic nitrogens is 1. The van der Waals surface area contributed by atoms with Crippen molar-refractivity contribution in [3.63, 3.8) is 0 Å². The van der Waals surface area contributed by atoms with E-state index in [1.54, 1.807) is 36.4 Å². The van der Waals surface area contributed by atoms with E-state index in [0.29, 0.717) is 39.0 Å². The lowest BCUT2D eigenvalue weighted by Gasteiger charge is -2.10. The van der Waals surface area contributed by atoms with Gasteiger partial charge in [0.05, 0.1) is 40.9 Å². The first-order chi connectivity index (χ1) is 16.2. The maximum absolute atomic E-state index is 13.8. The zero-order valence-corrected chi connectivity index (χ0v) is 19.2. The first-order valence-corrected chi connectivity index (χ1v) is 12.1. The highest BCUT2D eigenvalue weighted by atomic mass is 32.2. The molecule has 4 aromatic rings. The molecule has 0 unspecified atom stereocenters. The van der Waals surface area contributed by atoms with Crippen LogP contribution in [0.4, 0.5) is 10.1 Å². The van der Waals surface area contributed by atoms with Gasteiger partial charge in [-0.25, -0.2) is 17.8 Å². The molecule has 3 aromatic carbocycles. The number of methoxy groups -OCH3 is 1. The number of hydrogen-bond donors (Lipinski definition) is 2. The van der Waals surface area contributed by atoms with Gasteiger partial charge >= 0.3 is 5.97 Å². The van der Waals surface area contributed by atoms with Crippen molar-refractivity contribution < 1.29 is 27.4 Å². The number of rotatable bonds is 6. The lowest BCUT2D eigenvalue weighted by molar-refractivity contribution is -0.139. The van der Waals surface area contributed by atoms with Crippen LogP contribution in [0.15, 0.2) is 76.6 Å². The van der Waals surface area contributed by atoms with Crippen molar-refractivity contribution >= 4 is 38.1 Å². The van der Waals surface area contributed by atoms with Gasteiger partial charge in [-0.2, -0.15) is 0 Å². The molecule has 0 radical (unpaired) electrons. The molecule has 0 aliphatic rings. The Labute approximate surface area is 195 Å². The molecule has 0 bridgehead atoms. The number of aromatic hydroxyl groups is 1. The van der Waals surface area contributed by atoms with Crippen LogP contribution in [0.5, 0.6) is 5.88 Å². The number of halogens is 1. The van der Waals surface area contributed by atoms with E-state index in [-0.39, 0.29) is 17.2 Å². The molecule has 174 valence electrons. The third-order valence-corrected chi connectivity index (χ3v) is 6.39. The summed E-state index contributed by atoms with van der Waals surface area (Å²) < 4.78 is 42.1. The Kier molecular flexibility index (Phi) is 6.21. The second-order valence-electron chi connectivity index (χ2n) is 7.72. The first kappa shape index (κ1) is 23.2. The average molecular weight is 481 g/mol. The number of esters is 1. The number of aromatic amines is 1. The van der Waals surface area contributed by atoms with Crippen LogP contribution in [0.2, 0.25) is 0 Å². The lowest BCUT2D eigenvalue weighted by Crippen LogP contribution is -2.07. The van der Waals surface area contributed by atoms with E-state index < -0.39 is 21.6 Å². The van der Waals surface area contributed by atoms with Crippen molar-refractivity contribution in [2.45, 2.75) is 11.3 Å². The summed E-state index contributed by atoms with van der Waals surface area (Å²) in [6.07, 6.45) is 1.17. The SMILES string of the molecule is COC(=O)Cc1cccc(C(=Nc2ccc(S(C)(=O)=O)cc2)c2c(O)[nH]c3cc(F)ccc23)c1. The number of hydrogen-bond acceptors (Lipinski definition) is 6. The number of carbonyl (C=O) groups is 1. The van der Waals surface area contributed by atoms with Crippen molar-refractivity contribution in [1.82, 2.24) is 4.98 Å². The minimum atomic E-state index is -3.38. The van der Waals surface area contributed by atoms with E-state index in [2.05, 4.69) is 4.98 Å². The molecule has 0 spiro atoms. The molecule has 0 saturated heterocycles. The molecule has 0 saturated carbocycles. The van der Waals surface area contributed by atoms with E-state index in [1.165, 1.54) is 37.4 Å². The number of ether oxygens (including phenoxy) is 1. The fourth-order valence-corrected chi connectivity index (χ4v) is 4.25. The van der Waals surface area contributed by atoms with Crippen molar-refractivity contribution in [3.05, 3.63) is 89.2 Å². The maximum Gasteiger partial charge on any atom is 0.309 e. The van der Waals surface area contributed by atoms with Crippen LogP contribution in [0, 0.1) is 5.82 Å². The number of aliphatic imine (C=N–C) groups is 1. The van der Waals surface area contributed by atoms with E-state index in [4.69, 9.17) is 9.73 Å². The van der Waals surface area contributed by atoms with Gasteiger partial charge in [-0.1, -0.05) is 18.2 Å². The molecule has 1 heterocycles. The van der Waals surface area contributed by atoms with Gasteiger partial charge in [0.2, 0.25) is 0 Å². The van der Waals surface area contributed by atoms with Crippen molar-refractivity contribution in [1.29, 1.82) is 0 Å². The monoisotopic (exact) mass is 480 g/mol. The number of benzene rings is 3. The topological polar surface area (TPSA) is 109 Å². The van der Waals surface area contributed by atoms with Crippen molar-refractivity contribution in [2.75, 3.05) is 13.4 Å². The summed E-state index contributed by atoms with van der Waals surface area (Å²) in [6, 6.07) is 17.1. The highest BCUT2D eigenvalue weighted by Crippen LogP contribution is 2.32. The number of fused-ring (bicyclic) bond motifs is 1. The largest absolute Gasteiger partial charge is 0.494 e. The summed E-state index contributed by atoms with van der Waals surface area (Å²) in [6.45, 7) is 0. The number of sulfone groups is 1. The third kappa shape index (κ3) is 4.84. The molecule has 9 heteroatoms. The normalized spacial score (nSPS) is 12.1. The first-order valence-electron chi connectivity index (χ1n) is 10.2. The van der Waals surface area contributed by atoms with Gasteiger partial charge in [0, 0.05) is 17.2 Å². The zero-order chi connectivity index (χ0) is 24.5. The average Bonchev–Trinajstić information content (AvgIpc) is 3.11. The van der Waals surface area contributed by atoms with Gasteiger partial charge < -0.3 is 14.8 Å². The van der Waals surface area contributed by atoms with Gasteiger partial charge in [-0.05, 0) is 54.1 Å². The highest BCUT2D eigenvalue weighted by molar-refractivity contribution is 7.90. The number of carbonyl (C=O) groups excluding carboxylic acids is 1. The standard InChI is InChI=1S/C25H21FN2O5S/c1-33-22(29)13-15-4-3-5-16(12-15)24(27-18-7-9-19(10-8-18)34(2,31)32)23-20-11-6-17(26)14-21(20)28-25(23)30/h3-12,14,28,30H,13H2,1-2H3. The van der Waals surface area contributed by atoms with Crippen LogP contribution in [0.25, 0.3) is 10.9 Å². The summed E-state index contributed by atoms with van der Waals surface area (Å²) in [4.78, 5) is 19.4. The lowest BCUT2D eigenvalue weighted by atomic mass is 9.98. The molecular weight excluding hydrogens is 459 g/mol. The van der Waals surface area contributed by atoms with Gasteiger partial charge in [-0.15, -0.1) is 0 Å². The quantitative estimate of drug-likeness (QED) is 0.316. The van der Waals surface area contributed by atoms with Gasteiger partial charge in [0.25, 0.3) is 0 Å². The number of nitrogens with zero attached hydrogens (tertiary/aromatic N) is 1. The molecule has 0 atom stereocenters. The van der Waals surface area contributed by atoms with Crippen molar-refractivity contribution in [2.24, 2.45) is 4.99 Å². The second kappa shape index (κ2) is 9.11. The molecule has 0 amide bonds. The van der Waals surface area contributed by atoms with Crippen LogP contribution in [-0.4, -0.2) is 43.6 Å². The Bertz CT molecular complexity index is 1520. The minimum Gasteiger partial charge on any atom is -0.494 e. The number of nitrogens with one attached hydrogen (secondary N) is 1. The molecule has 2 N–H and O–H groups in total. The Hall–Kier alpha value is -3.98. The highest BCUT2D eigenvalue weighted by Gasteiger charge is 2.20. The second-order valence-corrected chi connectivity index (χ2v) is 9.73. The molecule has 1 aromatic heterocycles. The Balaban J connectivity index is 1.91. The van der Waals surface area contributed by atoms with Crippen molar-refractivity contribution in [3.8, 4) is 5.88 Å². The Morgan fingerprint density at radius 1 is 1.09 bits per heavy atom. The van der Waals surface area contributed by atoms with Gasteiger partial charge in [0.15, 0.2) is 15.7 Å². The predicted octanol–water partition coefficient (Wildman–Crippen LogP) is 4.30. The van der Waals surface area contributed by atoms with Crippen LogP contribution < -0.4 is 0 Å². The summed E-state index contributed by atoms with van der Waals surface area (Å²) in [5.74, 6) is -1.07. The fraction of sp³-hybridized carbons (Fsp3) is 0.120. The predicted molar refractivity (Wildman–Crippen MR) is 127 cm³/mol. The van der Waals surface area contributed by atoms with E-state index >= 15 is 0 Å². The van der Waals surface area contributed by atoms with Crippen LogP contribution in [-0.2, 0) is 25.8 Å². The zero-order valence-electron chi connectivity index (χ0n) is 18.4. The fourth-order valence-electron chi connectivity index (χ4n) is 3.62. The molecule has 34 heavy (non-hydrogen) atoms. The Morgan fingerprint density at radius 3 is 2.50 bits per heavy atom. The minimum absolute atomic E-state index is 0.0474. The summed E-state index contributed by atoms with van der Waals surface area (Å²) in [7, 11) is -2.07. The maximum atomic E-state index is 13.8. The van der Waals surface area contributed by atoms with E-state index in [9.17, 15) is 22.7 Å². The molecular formula is C25H21FN2O5S. The summed E-state index contributed by atoms with van der Waals surface area (Å²) in [5, 5.41) is 11.3. The van der Waals surface area contributed by atoms with Crippen LogP contribution >= 0.6 is 0 Å². The van der Waals surface area contributed by atoms with E-state index in [1.807, 2.05) is 0 Å². The Morgan fingerprint density at radius 2 is 1.82 bits per heavy atom. The molecule has 0 aliphatic heterocycles. The molecule has 0 fully saturated rings. The molecule has 7 nitrogen and oxygen atoms in total. The molecule has 4 rings (SSSR count). The van der Waals surface area contributed by atoms with E-state index in [0.717, 1.165) is 6.26 Å². The third-order valence-electron chi connectivity index (χ3n) is 5.26. The molecule has 0 aliphatic carbocycles. The summed E-state index contributed by atoms with van der Waals surface area (Å²) in [5.41, 5.74) is 2.80. The van der Waals surface area contributed by atoms with Crippen LogP contribution in [0.1, 0.15) is 16.7 Å².